The summed E-state index contributed by atoms with van der Waals surface area (Å²) in [7, 11) is 0. The Morgan fingerprint density at radius 1 is 1.22 bits per heavy atom. The van der Waals surface area contributed by atoms with Gasteiger partial charge in [-0.3, -0.25) is 0 Å². The fourth-order valence-electron chi connectivity index (χ4n) is 2.59. The molecule has 0 amide bonds. The Bertz CT molecular complexity index is 517. The van der Waals surface area contributed by atoms with E-state index in [9.17, 15) is 0 Å². The molecule has 0 atom stereocenters. The van der Waals surface area contributed by atoms with Crippen molar-refractivity contribution < 1.29 is 0 Å². The molecule has 3 rings (SSSR count). The van der Waals surface area contributed by atoms with E-state index in [1.165, 1.54) is 27.8 Å². The standard InChI is InChI=1S/C15H16BrNS/c16-13-4-1-3-12(9-13)15(10-17-11-15)7-6-14-5-2-8-18-14/h1-5,8-9,17H,6-7,10-11H2. The van der Waals surface area contributed by atoms with E-state index < -0.39 is 0 Å². The molecule has 0 saturated carbocycles. The van der Waals surface area contributed by atoms with Gasteiger partial charge in [-0.1, -0.05) is 34.1 Å². The first-order chi connectivity index (χ1) is 8.78. The van der Waals surface area contributed by atoms with Gasteiger partial charge in [0.05, 0.1) is 0 Å². The van der Waals surface area contributed by atoms with Crippen LogP contribution in [0.15, 0.2) is 46.3 Å². The van der Waals surface area contributed by atoms with Gasteiger partial charge in [-0.15, -0.1) is 11.3 Å². The molecule has 2 aromatic rings. The number of hydrogen-bond acceptors (Lipinski definition) is 2. The summed E-state index contributed by atoms with van der Waals surface area (Å²) in [5.41, 5.74) is 1.81. The zero-order chi connectivity index (χ0) is 12.4. The van der Waals surface area contributed by atoms with Crippen LogP contribution in [-0.4, -0.2) is 13.1 Å². The summed E-state index contributed by atoms with van der Waals surface area (Å²) in [4.78, 5) is 1.50. The monoisotopic (exact) mass is 321 g/mol. The highest BCUT2D eigenvalue weighted by Gasteiger charge is 2.38. The van der Waals surface area contributed by atoms with Crippen LogP contribution in [-0.2, 0) is 11.8 Å². The highest BCUT2D eigenvalue weighted by molar-refractivity contribution is 9.10. The Morgan fingerprint density at radius 3 is 2.72 bits per heavy atom. The van der Waals surface area contributed by atoms with E-state index >= 15 is 0 Å². The lowest BCUT2D eigenvalue weighted by Crippen LogP contribution is -2.57. The van der Waals surface area contributed by atoms with Crippen molar-refractivity contribution >= 4 is 27.3 Å². The Kier molecular flexibility index (Phi) is 3.55. The van der Waals surface area contributed by atoms with Gasteiger partial charge in [0.15, 0.2) is 0 Å². The van der Waals surface area contributed by atoms with E-state index in [0.717, 1.165) is 13.1 Å². The third-order valence-electron chi connectivity index (χ3n) is 3.79. The molecule has 3 heteroatoms. The van der Waals surface area contributed by atoms with Gasteiger partial charge >= 0.3 is 0 Å². The van der Waals surface area contributed by atoms with E-state index in [1.54, 1.807) is 0 Å². The van der Waals surface area contributed by atoms with Crippen molar-refractivity contribution in [3.8, 4) is 0 Å². The molecule has 1 N–H and O–H groups in total. The largest absolute Gasteiger partial charge is 0.315 e. The van der Waals surface area contributed by atoms with Crippen LogP contribution in [0, 0.1) is 0 Å². The molecule has 1 aliphatic rings. The molecule has 0 unspecified atom stereocenters. The lowest BCUT2D eigenvalue weighted by atomic mass is 9.72. The molecule has 1 aromatic heterocycles. The highest BCUT2D eigenvalue weighted by atomic mass is 79.9. The number of halogens is 1. The maximum atomic E-state index is 3.58. The maximum absolute atomic E-state index is 3.58. The molecule has 94 valence electrons. The molecule has 1 aromatic carbocycles. The van der Waals surface area contributed by atoms with E-state index in [0.29, 0.717) is 5.41 Å². The van der Waals surface area contributed by atoms with Crippen LogP contribution in [0.5, 0.6) is 0 Å². The van der Waals surface area contributed by atoms with Gasteiger partial charge < -0.3 is 5.32 Å². The number of nitrogens with one attached hydrogen (secondary N) is 1. The number of thiophene rings is 1. The average molecular weight is 322 g/mol. The minimum atomic E-state index is 0.341. The molecular formula is C15H16BrNS. The topological polar surface area (TPSA) is 12.0 Å². The smallest absolute Gasteiger partial charge is 0.0206 e. The number of rotatable bonds is 4. The Labute approximate surface area is 120 Å². The average Bonchev–Trinajstić information content (AvgIpc) is 2.81. The summed E-state index contributed by atoms with van der Waals surface area (Å²) < 4.78 is 1.18. The predicted octanol–water partition coefficient (Wildman–Crippen LogP) is 3.98. The zero-order valence-electron chi connectivity index (χ0n) is 10.2. The van der Waals surface area contributed by atoms with Crippen LogP contribution in [0.3, 0.4) is 0 Å². The van der Waals surface area contributed by atoms with Gasteiger partial charge in [-0.05, 0) is 42.0 Å². The molecule has 0 bridgehead atoms. The van der Waals surface area contributed by atoms with Crippen molar-refractivity contribution in [1.82, 2.24) is 5.32 Å². The van der Waals surface area contributed by atoms with Gasteiger partial charge in [-0.25, -0.2) is 0 Å². The van der Waals surface area contributed by atoms with Gasteiger partial charge in [0.2, 0.25) is 0 Å². The van der Waals surface area contributed by atoms with Gasteiger partial charge in [0.1, 0.15) is 0 Å². The zero-order valence-corrected chi connectivity index (χ0v) is 12.6. The van der Waals surface area contributed by atoms with Gasteiger partial charge in [-0.2, -0.15) is 0 Å². The van der Waals surface area contributed by atoms with E-state index in [2.05, 4.69) is 63.0 Å². The van der Waals surface area contributed by atoms with Gasteiger partial charge in [0, 0.05) is 27.9 Å². The quantitative estimate of drug-likeness (QED) is 0.898. The molecule has 1 fully saturated rings. The molecule has 0 spiro atoms. The second-order valence-electron chi connectivity index (χ2n) is 4.97. The second-order valence-corrected chi connectivity index (χ2v) is 6.92. The van der Waals surface area contributed by atoms with Crippen molar-refractivity contribution in [3.05, 3.63) is 56.7 Å². The van der Waals surface area contributed by atoms with Crippen molar-refractivity contribution in [3.63, 3.8) is 0 Å². The molecule has 0 radical (unpaired) electrons. The molecule has 1 nitrogen and oxygen atoms in total. The summed E-state index contributed by atoms with van der Waals surface area (Å²) in [6.45, 7) is 2.21. The van der Waals surface area contributed by atoms with Crippen molar-refractivity contribution in [1.29, 1.82) is 0 Å². The number of benzene rings is 1. The second kappa shape index (κ2) is 5.16. The van der Waals surface area contributed by atoms with Crippen LogP contribution in [0.25, 0.3) is 0 Å². The Morgan fingerprint density at radius 2 is 2.11 bits per heavy atom. The fourth-order valence-corrected chi connectivity index (χ4v) is 3.70. The first-order valence-corrected chi connectivity index (χ1v) is 7.95. The molecule has 2 heterocycles. The summed E-state index contributed by atoms with van der Waals surface area (Å²) in [5, 5.41) is 5.60. The van der Waals surface area contributed by atoms with Crippen LogP contribution < -0.4 is 5.32 Å². The van der Waals surface area contributed by atoms with Crippen molar-refractivity contribution in [2.45, 2.75) is 18.3 Å². The number of aryl methyl sites for hydroxylation is 1. The summed E-state index contributed by atoms with van der Waals surface area (Å²) in [6.07, 6.45) is 2.42. The Balaban J connectivity index is 1.78. The van der Waals surface area contributed by atoms with Crippen molar-refractivity contribution in [2.75, 3.05) is 13.1 Å². The van der Waals surface area contributed by atoms with Crippen LogP contribution in [0.2, 0.25) is 0 Å². The fraction of sp³-hybridized carbons (Fsp3) is 0.333. The number of hydrogen-bond donors (Lipinski definition) is 1. The molecule has 0 aliphatic carbocycles. The van der Waals surface area contributed by atoms with E-state index in [4.69, 9.17) is 0 Å². The predicted molar refractivity (Wildman–Crippen MR) is 81.3 cm³/mol. The lowest BCUT2D eigenvalue weighted by Gasteiger charge is -2.43. The first kappa shape index (κ1) is 12.4. The maximum Gasteiger partial charge on any atom is 0.0206 e. The van der Waals surface area contributed by atoms with Crippen LogP contribution >= 0.6 is 27.3 Å². The summed E-state index contributed by atoms with van der Waals surface area (Å²) >= 11 is 5.45. The molecule has 1 saturated heterocycles. The van der Waals surface area contributed by atoms with Crippen LogP contribution in [0.4, 0.5) is 0 Å². The minimum absolute atomic E-state index is 0.341. The van der Waals surface area contributed by atoms with E-state index in [-0.39, 0.29) is 0 Å². The molecule has 18 heavy (non-hydrogen) atoms. The molecular weight excluding hydrogens is 306 g/mol. The third-order valence-corrected chi connectivity index (χ3v) is 5.22. The van der Waals surface area contributed by atoms with Gasteiger partial charge in [0.25, 0.3) is 0 Å². The van der Waals surface area contributed by atoms with Crippen LogP contribution in [0.1, 0.15) is 16.9 Å². The summed E-state index contributed by atoms with van der Waals surface area (Å²) in [5.74, 6) is 0. The Hall–Kier alpha value is -0.640. The highest BCUT2D eigenvalue weighted by Crippen LogP contribution is 2.35. The summed E-state index contributed by atoms with van der Waals surface area (Å²) in [6, 6.07) is 13.2. The molecule has 1 aliphatic heterocycles. The lowest BCUT2D eigenvalue weighted by molar-refractivity contribution is 0.258. The van der Waals surface area contributed by atoms with Crippen molar-refractivity contribution in [2.24, 2.45) is 0 Å². The SMILES string of the molecule is Brc1cccc(C2(CCc3cccs3)CNC2)c1. The minimum Gasteiger partial charge on any atom is -0.315 e. The normalized spacial score (nSPS) is 17.4. The third kappa shape index (κ3) is 2.40. The van der Waals surface area contributed by atoms with E-state index in [1.807, 2.05) is 11.3 Å². The first-order valence-electron chi connectivity index (χ1n) is 6.28.